The Morgan fingerprint density at radius 2 is 0.786 bits per heavy atom. The fourth-order valence-electron chi connectivity index (χ4n) is 5.34. The zero-order chi connectivity index (χ0) is 20.5. The summed E-state index contributed by atoms with van der Waals surface area (Å²) in [6.07, 6.45) is 0. The molecular formula is C24H35PSi3. The first-order chi connectivity index (χ1) is 13.1. The third kappa shape index (κ3) is 3.23. The molecule has 148 valence electrons. The van der Waals surface area contributed by atoms with Gasteiger partial charge in [-0.1, -0.05) is 0 Å². The molecule has 0 bridgehead atoms. The monoisotopic (exact) mass is 438 g/mol. The zero-order valence-electron chi connectivity index (χ0n) is 18.3. The molecule has 0 fully saturated rings. The van der Waals surface area contributed by atoms with Gasteiger partial charge in [-0.25, -0.2) is 0 Å². The van der Waals surface area contributed by atoms with Gasteiger partial charge in [0, 0.05) is 0 Å². The van der Waals surface area contributed by atoms with Crippen molar-refractivity contribution in [1.29, 1.82) is 0 Å². The van der Waals surface area contributed by atoms with Crippen molar-refractivity contribution in [2.45, 2.75) is 39.3 Å². The van der Waals surface area contributed by atoms with E-state index in [1.54, 1.807) is 15.9 Å². The molecular weight excluding hydrogens is 403 g/mol. The van der Waals surface area contributed by atoms with Crippen LogP contribution in [-0.2, 0) is 0 Å². The Hall–Kier alpha value is -1.26. The van der Waals surface area contributed by atoms with Crippen LogP contribution >= 0.6 is 5.70 Å². The number of hydrogen-bond acceptors (Lipinski definition) is 0. The van der Waals surface area contributed by atoms with E-state index in [2.05, 4.69) is 130 Å². The van der Waals surface area contributed by atoms with Crippen molar-refractivity contribution >= 4 is 45.7 Å². The van der Waals surface area contributed by atoms with Gasteiger partial charge in [-0.3, -0.25) is 0 Å². The average Bonchev–Trinajstić information content (AvgIpc) is 2.66. The van der Waals surface area contributed by atoms with Crippen LogP contribution in [0.3, 0.4) is 0 Å². The summed E-state index contributed by atoms with van der Waals surface area (Å²) in [5.74, 6) is 0. The molecule has 0 aliphatic rings. The Bertz CT molecular complexity index is 811. The van der Waals surface area contributed by atoms with Crippen molar-refractivity contribution in [3.8, 4) is 0 Å². The van der Waals surface area contributed by atoms with E-state index in [0.29, 0.717) is 0 Å². The molecule has 0 aromatic heterocycles. The van der Waals surface area contributed by atoms with Gasteiger partial charge in [0.15, 0.2) is 0 Å². The van der Waals surface area contributed by atoms with E-state index in [1.165, 1.54) is 0 Å². The van der Waals surface area contributed by atoms with E-state index in [-0.39, 0.29) is 0 Å². The maximum atomic E-state index is 2.66. The van der Waals surface area contributed by atoms with Gasteiger partial charge >= 0.3 is 176 Å². The van der Waals surface area contributed by atoms with E-state index in [1.807, 2.05) is 0 Å². The molecule has 0 saturated heterocycles. The molecule has 0 N–H and O–H groups in total. The van der Waals surface area contributed by atoms with Crippen molar-refractivity contribution in [2.24, 2.45) is 0 Å². The fourth-order valence-corrected chi connectivity index (χ4v) is 84.8. The molecule has 0 nitrogen and oxygen atoms in total. The van der Waals surface area contributed by atoms with Crippen LogP contribution < -0.4 is 15.9 Å². The molecule has 4 heteroatoms. The van der Waals surface area contributed by atoms with Crippen molar-refractivity contribution in [3.63, 3.8) is 0 Å². The van der Waals surface area contributed by atoms with Gasteiger partial charge in [-0.15, -0.1) is 0 Å². The second-order valence-electron chi connectivity index (χ2n) is 10.2. The molecule has 0 saturated carbocycles. The van der Waals surface area contributed by atoms with E-state index in [4.69, 9.17) is 0 Å². The van der Waals surface area contributed by atoms with Crippen LogP contribution in [0.25, 0.3) is 0 Å². The van der Waals surface area contributed by atoms with E-state index in [9.17, 15) is 0 Å². The molecule has 0 spiro atoms. The Morgan fingerprint density at radius 1 is 0.500 bits per heavy atom. The van der Waals surface area contributed by atoms with Crippen molar-refractivity contribution < 1.29 is 0 Å². The molecule has 0 radical (unpaired) electrons. The van der Waals surface area contributed by atoms with Gasteiger partial charge in [0.1, 0.15) is 0 Å². The predicted molar refractivity (Wildman–Crippen MR) is 140 cm³/mol. The summed E-state index contributed by atoms with van der Waals surface area (Å²) in [5.41, 5.74) is -2.50. The molecule has 28 heavy (non-hydrogen) atoms. The Balaban J connectivity index is 2.64. The topological polar surface area (TPSA) is 0 Å². The van der Waals surface area contributed by atoms with Gasteiger partial charge < -0.3 is 0 Å². The second kappa shape index (κ2) is 7.53. The van der Waals surface area contributed by atoms with E-state index < -0.39 is 29.7 Å². The fraction of sp³-hybridized carbons (Fsp3) is 0.250. The summed E-state index contributed by atoms with van der Waals surface area (Å²) < 4.78 is 0. The van der Waals surface area contributed by atoms with Crippen LogP contribution in [0.4, 0.5) is 0 Å². The van der Waals surface area contributed by atoms with Crippen LogP contribution in [0.15, 0.2) is 91.0 Å². The number of rotatable bonds is 6. The first-order valence-corrected chi connectivity index (χ1v) is 24.8. The normalized spacial score (nSPS) is 14.7. The summed E-state index contributed by atoms with van der Waals surface area (Å²) in [5, 5.41) is 4.96. The third-order valence-electron chi connectivity index (χ3n) is 6.25. The molecule has 0 unspecified atom stereocenters. The van der Waals surface area contributed by atoms with Crippen molar-refractivity contribution in [2.75, 3.05) is 0 Å². The zero-order valence-corrected chi connectivity index (χ0v) is 22.6. The van der Waals surface area contributed by atoms with E-state index in [0.717, 1.165) is 0 Å². The molecule has 0 aliphatic carbocycles. The second-order valence-corrected chi connectivity index (χ2v) is 47.0. The Kier molecular flexibility index (Phi) is 5.77. The van der Waals surface area contributed by atoms with Crippen molar-refractivity contribution in [3.05, 3.63) is 91.0 Å². The molecule has 0 aliphatic heterocycles. The van der Waals surface area contributed by atoms with Gasteiger partial charge in [0.25, 0.3) is 0 Å². The number of benzene rings is 3. The SMILES string of the molecule is C[Si](C)(C)[SiH2]P(c1ccccc1)(c1ccccc1)(c1ccccc1)[Si](C)(C)C. The van der Waals surface area contributed by atoms with Gasteiger partial charge in [0.2, 0.25) is 0 Å². The molecule has 0 atom stereocenters. The first kappa shape index (κ1) is 21.4. The van der Waals surface area contributed by atoms with Gasteiger partial charge in [0.05, 0.1) is 0 Å². The minimum atomic E-state index is -2.50. The van der Waals surface area contributed by atoms with E-state index >= 15 is 0 Å². The predicted octanol–water partition coefficient (Wildman–Crippen LogP) is 5.27. The summed E-state index contributed by atoms with van der Waals surface area (Å²) in [6, 6.07) is 35.1. The summed E-state index contributed by atoms with van der Waals surface area (Å²) in [6.45, 7) is 15.8. The molecule has 3 aromatic rings. The van der Waals surface area contributed by atoms with Crippen LogP contribution in [0, 0.1) is 0 Å². The number of hydrogen-bond donors (Lipinski definition) is 0. The van der Waals surface area contributed by atoms with Crippen LogP contribution in [0.2, 0.25) is 39.3 Å². The third-order valence-corrected chi connectivity index (χ3v) is 61.4. The Labute approximate surface area is 175 Å². The minimum absolute atomic E-state index is 0.418. The molecule has 0 amide bonds. The maximum absolute atomic E-state index is 2.66. The van der Waals surface area contributed by atoms with Crippen LogP contribution in [0.5, 0.6) is 0 Å². The summed E-state index contributed by atoms with van der Waals surface area (Å²) in [7, 11) is -3.40. The van der Waals surface area contributed by atoms with Gasteiger partial charge in [-0.05, 0) is 0 Å². The van der Waals surface area contributed by atoms with Crippen LogP contribution in [0.1, 0.15) is 0 Å². The molecule has 3 rings (SSSR count). The summed E-state index contributed by atoms with van der Waals surface area (Å²) in [4.78, 5) is 0. The van der Waals surface area contributed by atoms with Gasteiger partial charge in [-0.2, -0.15) is 0 Å². The molecule has 3 aromatic carbocycles. The van der Waals surface area contributed by atoms with Crippen LogP contribution in [-0.4, -0.2) is 24.0 Å². The quantitative estimate of drug-likeness (QED) is 0.363. The molecule has 0 heterocycles. The average molecular weight is 439 g/mol. The summed E-state index contributed by atoms with van der Waals surface area (Å²) >= 11 is 0. The Morgan fingerprint density at radius 3 is 1.00 bits per heavy atom. The standard InChI is InChI=1S/C24H35PSi3/c1-27(2,3)25(26-28(4,5)6,22-16-10-7-11-17-22,23-18-12-8-13-19-23)24-20-14-9-15-21-24/h7-21H,26H2,1-6H3. The first-order valence-electron chi connectivity index (χ1n) is 10.3. The van der Waals surface area contributed by atoms with Crippen molar-refractivity contribution in [1.82, 2.24) is 0 Å².